The summed E-state index contributed by atoms with van der Waals surface area (Å²) < 4.78 is 13.4. The van der Waals surface area contributed by atoms with E-state index in [1.54, 1.807) is 37.2 Å². The van der Waals surface area contributed by atoms with Gasteiger partial charge in [-0.2, -0.15) is 0 Å². The van der Waals surface area contributed by atoms with E-state index in [-0.39, 0.29) is 29.4 Å². The van der Waals surface area contributed by atoms with Gasteiger partial charge < -0.3 is 20.5 Å². The van der Waals surface area contributed by atoms with Gasteiger partial charge in [0.2, 0.25) is 0 Å². The zero-order valence-corrected chi connectivity index (χ0v) is 17.0. The first-order chi connectivity index (χ1) is 14.3. The molecule has 1 aliphatic heterocycles. The van der Waals surface area contributed by atoms with E-state index in [0.717, 1.165) is 24.1 Å². The Morgan fingerprint density at radius 1 is 1.17 bits per heavy atom. The number of fused-ring (bicyclic) bond motifs is 1. The number of nitrogens with two attached hydrogens (primary N) is 1. The number of piperidine rings is 1. The van der Waals surface area contributed by atoms with E-state index in [2.05, 4.69) is 9.97 Å². The predicted molar refractivity (Wildman–Crippen MR) is 113 cm³/mol. The molecule has 1 fully saturated rings. The summed E-state index contributed by atoms with van der Waals surface area (Å²) in [6.45, 7) is 1.18. The number of aromatic nitrogens is 2. The highest BCUT2D eigenvalue weighted by atomic mass is 19.1. The number of hydrogen-bond acceptors (Lipinski definition) is 4. The lowest BCUT2D eigenvalue weighted by Crippen LogP contribution is -2.38. The smallest absolute Gasteiger partial charge is 0.270 e. The molecule has 0 spiro atoms. The summed E-state index contributed by atoms with van der Waals surface area (Å²) >= 11 is 0. The van der Waals surface area contributed by atoms with E-state index in [4.69, 9.17) is 5.73 Å². The minimum Gasteiger partial charge on any atom is -0.383 e. The number of aromatic amines is 1. The molecule has 0 saturated carbocycles. The molecule has 2 aromatic heterocycles. The number of anilines is 1. The van der Waals surface area contributed by atoms with Gasteiger partial charge in [0.25, 0.3) is 11.8 Å². The third-order valence-electron chi connectivity index (χ3n) is 5.60. The molecular weight excluding hydrogens is 385 g/mol. The Kier molecular flexibility index (Phi) is 5.15. The number of carbonyl (C=O) groups excluding carboxylic acids is 2. The Morgan fingerprint density at radius 2 is 1.90 bits per heavy atom. The molecule has 156 valence electrons. The SMILES string of the molecule is CN(C)C(=O)c1ccc(C2CCN(C(=O)c3cc4cc(F)ccc4[nH]3)CC2)nc1N. The number of benzene rings is 1. The molecule has 3 heterocycles. The number of pyridine rings is 1. The van der Waals surface area contributed by atoms with Crippen molar-refractivity contribution in [2.24, 2.45) is 0 Å². The topological polar surface area (TPSA) is 95.3 Å². The summed E-state index contributed by atoms with van der Waals surface area (Å²) in [6.07, 6.45) is 1.52. The molecule has 0 bridgehead atoms. The van der Waals surface area contributed by atoms with Crippen LogP contribution in [0.15, 0.2) is 36.4 Å². The van der Waals surface area contributed by atoms with Crippen LogP contribution in [-0.4, -0.2) is 58.8 Å². The molecule has 0 unspecified atom stereocenters. The Bertz CT molecular complexity index is 1120. The summed E-state index contributed by atoms with van der Waals surface area (Å²) in [5, 5.41) is 0.681. The lowest BCUT2D eigenvalue weighted by atomic mass is 9.92. The van der Waals surface area contributed by atoms with Gasteiger partial charge in [-0.3, -0.25) is 9.59 Å². The van der Waals surface area contributed by atoms with Crippen molar-refractivity contribution in [1.82, 2.24) is 19.8 Å². The molecule has 7 nitrogen and oxygen atoms in total. The molecule has 8 heteroatoms. The van der Waals surface area contributed by atoms with Gasteiger partial charge in [-0.25, -0.2) is 9.37 Å². The number of nitrogen functional groups attached to an aromatic ring is 1. The van der Waals surface area contributed by atoms with Crippen molar-refractivity contribution >= 4 is 28.5 Å². The summed E-state index contributed by atoms with van der Waals surface area (Å²) in [5.74, 6) is -0.187. The van der Waals surface area contributed by atoms with Crippen LogP contribution in [0.25, 0.3) is 10.9 Å². The Balaban J connectivity index is 1.43. The van der Waals surface area contributed by atoms with Gasteiger partial charge in [0.1, 0.15) is 17.3 Å². The zero-order chi connectivity index (χ0) is 21.4. The van der Waals surface area contributed by atoms with E-state index in [0.29, 0.717) is 29.7 Å². The van der Waals surface area contributed by atoms with Crippen LogP contribution in [0.1, 0.15) is 45.3 Å². The number of carbonyl (C=O) groups is 2. The van der Waals surface area contributed by atoms with Crippen LogP contribution in [0.4, 0.5) is 10.2 Å². The maximum atomic E-state index is 13.4. The van der Waals surface area contributed by atoms with Crippen molar-refractivity contribution in [2.75, 3.05) is 32.9 Å². The maximum absolute atomic E-state index is 13.4. The van der Waals surface area contributed by atoms with Gasteiger partial charge in [0, 0.05) is 49.7 Å². The van der Waals surface area contributed by atoms with Crippen LogP contribution in [0.2, 0.25) is 0 Å². The largest absolute Gasteiger partial charge is 0.383 e. The summed E-state index contributed by atoms with van der Waals surface area (Å²) in [5.41, 5.74) is 8.45. The third kappa shape index (κ3) is 3.72. The van der Waals surface area contributed by atoms with Gasteiger partial charge in [-0.15, -0.1) is 0 Å². The molecule has 0 radical (unpaired) electrons. The fraction of sp³-hybridized carbons (Fsp3) is 0.318. The normalized spacial score (nSPS) is 14.8. The summed E-state index contributed by atoms with van der Waals surface area (Å²) in [4.78, 5) is 35.8. The van der Waals surface area contributed by atoms with Gasteiger partial charge in [0.05, 0.1) is 5.56 Å². The zero-order valence-electron chi connectivity index (χ0n) is 17.0. The van der Waals surface area contributed by atoms with Crippen LogP contribution < -0.4 is 5.73 Å². The molecule has 2 amide bonds. The fourth-order valence-corrected chi connectivity index (χ4v) is 3.91. The Labute approximate surface area is 173 Å². The highest BCUT2D eigenvalue weighted by Gasteiger charge is 2.27. The van der Waals surface area contributed by atoms with Crippen molar-refractivity contribution < 1.29 is 14.0 Å². The van der Waals surface area contributed by atoms with Crippen LogP contribution in [0, 0.1) is 5.82 Å². The number of rotatable bonds is 3. The van der Waals surface area contributed by atoms with Gasteiger partial charge in [0.15, 0.2) is 0 Å². The second-order valence-corrected chi connectivity index (χ2v) is 7.85. The molecule has 1 saturated heterocycles. The molecule has 1 aliphatic rings. The van der Waals surface area contributed by atoms with Gasteiger partial charge >= 0.3 is 0 Å². The summed E-state index contributed by atoms with van der Waals surface area (Å²) in [7, 11) is 3.35. The van der Waals surface area contributed by atoms with Crippen molar-refractivity contribution in [3.8, 4) is 0 Å². The molecule has 1 aromatic carbocycles. The molecule has 3 aromatic rings. The molecule has 3 N–H and O–H groups in total. The van der Waals surface area contributed by atoms with E-state index in [1.165, 1.54) is 17.0 Å². The number of halogens is 1. The number of amides is 2. The maximum Gasteiger partial charge on any atom is 0.270 e. The fourth-order valence-electron chi connectivity index (χ4n) is 3.91. The second kappa shape index (κ2) is 7.78. The Hall–Kier alpha value is -3.42. The van der Waals surface area contributed by atoms with Crippen LogP contribution in [0.5, 0.6) is 0 Å². The first kappa shape index (κ1) is 19.9. The monoisotopic (exact) mass is 409 g/mol. The van der Waals surface area contributed by atoms with Crippen LogP contribution in [0.3, 0.4) is 0 Å². The number of nitrogens with zero attached hydrogens (tertiary/aromatic N) is 3. The molecule has 30 heavy (non-hydrogen) atoms. The average Bonchev–Trinajstić information content (AvgIpc) is 3.16. The van der Waals surface area contributed by atoms with Crippen molar-refractivity contribution in [1.29, 1.82) is 0 Å². The predicted octanol–water partition coefficient (Wildman–Crippen LogP) is 3.01. The van der Waals surface area contributed by atoms with Crippen LogP contribution >= 0.6 is 0 Å². The van der Waals surface area contributed by atoms with E-state index >= 15 is 0 Å². The minimum absolute atomic E-state index is 0.0931. The lowest BCUT2D eigenvalue weighted by Gasteiger charge is -2.31. The van der Waals surface area contributed by atoms with Gasteiger partial charge in [-0.1, -0.05) is 0 Å². The quantitative estimate of drug-likeness (QED) is 0.695. The first-order valence-electron chi connectivity index (χ1n) is 9.89. The van der Waals surface area contributed by atoms with E-state index in [9.17, 15) is 14.0 Å². The average molecular weight is 409 g/mol. The molecular formula is C22H24FN5O2. The van der Waals surface area contributed by atoms with E-state index < -0.39 is 0 Å². The highest BCUT2D eigenvalue weighted by Crippen LogP contribution is 2.29. The van der Waals surface area contributed by atoms with Gasteiger partial charge in [-0.05, 0) is 49.2 Å². The summed E-state index contributed by atoms with van der Waals surface area (Å²) in [6, 6.07) is 9.68. The third-order valence-corrected chi connectivity index (χ3v) is 5.60. The molecule has 0 aliphatic carbocycles. The lowest BCUT2D eigenvalue weighted by molar-refractivity contribution is 0.0706. The van der Waals surface area contributed by atoms with Crippen molar-refractivity contribution in [3.05, 3.63) is 59.2 Å². The molecule has 4 rings (SSSR count). The number of hydrogen-bond donors (Lipinski definition) is 2. The number of likely N-dealkylation sites (tertiary alicyclic amines) is 1. The standard InChI is InChI=1S/C22H24FN5O2/c1-27(2)21(29)16-4-6-17(26-20(16)24)13-7-9-28(10-8-13)22(30)19-12-14-11-15(23)3-5-18(14)25-19/h3-6,11-13,25H,7-10H2,1-2H3,(H2,24,26). The van der Waals surface area contributed by atoms with E-state index in [1.807, 2.05) is 6.07 Å². The van der Waals surface area contributed by atoms with Crippen LogP contribution in [-0.2, 0) is 0 Å². The number of H-pyrrole nitrogens is 1. The highest BCUT2D eigenvalue weighted by molar-refractivity contribution is 5.98. The Morgan fingerprint density at radius 3 is 2.57 bits per heavy atom. The molecule has 0 atom stereocenters. The minimum atomic E-state index is -0.327. The first-order valence-corrected chi connectivity index (χ1v) is 9.89. The number of nitrogens with one attached hydrogen (secondary N) is 1. The van der Waals surface area contributed by atoms with Crippen molar-refractivity contribution in [2.45, 2.75) is 18.8 Å². The van der Waals surface area contributed by atoms with Crippen molar-refractivity contribution in [3.63, 3.8) is 0 Å². The second-order valence-electron chi connectivity index (χ2n) is 7.85.